The molecule has 0 radical (unpaired) electrons. The van der Waals surface area contributed by atoms with Crippen molar-refractivity contribution in [1.82, 2.24) is 4.98 Å². The van der Waals surface area contributed by atoms with Gasteiger partial charge in [0.05, 0.1) is 0 Å². The highest BCUT2D eigenvalue weighted by molar-refractivity contribution is 9.09. The van der Waals surface area contributed by atoms with Gasteiger partial charge >= 0.3 is 5.97 Å². The SMILES string of the molecule is O=C(O)c1ncccc1-c1ccc(OCBr)cc1. The number of halogens is 1. The minimum atomic E-state index is -1.04. The molecular formula is C13H10BrNO3. The Kier molecular flexibility index (Phi) is 3.94. The topological polar surface area (TPSA) is 59.4 Å². The van der Waals surface area contributed by atoms with E-state index in [1.54, 1.807) is 36.4 Å². The molecule has 18 heavy (non-hydrogen) atoms. The Labute approximate surface area is 112 Å². The van der Waals surface area contributed by atoms with E-state index in [-0.39, 0.29) is 5.69 Å². The van der Waals surface area contributed by atoms with Crippen LogP contribution in [0.15, 0.2) is 42.6 Å². The van der Waals surface area contributed by atoms with Gasteiger partial charge in [0.25, 0.3) is 0 Å². The Hall–Kier alpha value is -1.88. The van der Waals surface area contributed by atoms with Crippen molar-refractivity contribution in [3.8, 4) is 16.9 Å². The molecule has 4 nitrogen and oxygen atoms in total. The zero-order chi connectivity index (χ0) is 13.0. The molecule has 1 heterocycles. The molecule has 92 valence electrons. The molecular weight excluding hydrogens is 298 g/mol. The number of carbonyl (C=O) groups is 1. The summed E-state index contributed by atoms with van der Waals surface area (Å²) in [6.45, 7) is 0. The van der Waals surface area contributed by atoms with Gasteiger partial charge in [-0.2, -0.15) is 0 Å². The summed E-state index contributed by atoms with van der Waals surface area (Å²) in [6.07, 6.45) is 1.47. The van der Waals surface area contributed by atoms with Crippen molar-refractivity contribution >= 4 is 21.9 Å². The second-order valence-corrected chi connectivity index (χ2v) is 3.94. The van der Waals surface area contributed by atoms with Gasteiger partial charge in [0, 0.05) is 11.8 Å². The van der Waals surface area contributed by atoms with Crippen molar-refractivity contribution < 1.29 is 14.6 Å². The second kappa shape index (κ2) is 5.64. The first-order valence-electron chi connectivity index (χ1n) is 5.20. The number of nitrogens with zero attached hydrogens (tertiary/aromatic N) is 1. The highest BCUT2D eigenvalue weighted by Crippen LogP contribution is 2.24. The quantitative estimate of drug-likeness (QED) is 0.881. The lowest BCUT2D eigenvalue weighted by atomic mass is 10.0. The summed E-state index contributed by atoms with van der Waals surface area (Å²) < 4.78 is 5.26. The fourth-order valence-corrected chi connectivity index (χ4v) is 1.87. The molecule has 0 unspecified atom stereocenters. The third-order valence-electron chi connectivity index (χ3n) is 2.40. The van der Waals surface area contributed by atoms with Crippen LogP contribution in [-0.4, -0.2) is 21.6 Å². The maximum Gasteiger partial charge on any atom is 0.355 e. The fraction of sp³-hybridized carbons (Fsp3) is 0.0769. The molecule has 0 aliphatic rings. The first-order valence-corrected chi connectivity index (χ1v) is 6.32. The number of hydrogen-bond donors (Lipinski definition) is 1. The molecule has 0 amide bonds. The van der Waals surface area contributed by atoms with Crippen LogP contribution in [0.3, 0.4) is 0 Å². The zero-order valence-electron chi connectivity index (χ0n) is 9.34. The summed E-state index contributed by atoms with van der Waals surface area (Å²) in [4.78, 5) is 14.9. The fourth-order valence-electron chi connectivity index (χ4n) is 1.60. The molecule has 1 aromatic carbocycles. The molecule has 5 heteroatoms. The predicted molar refractivity (Wildman–Crippen MR) is 71.1 cm³/mol. The first kappa shape index (κ1) is 12.6. The molecule has 2 rings (SSSR count). The van der Waals surface area contributed by atoms with Crippen LogP contribution >= 0.6 is 15.9 Å². The van der Waals surface area contributed by atoms with E-state index >= 15 is 0 Å². The van der Waals surface area contributed by atoms with Crippen molar-refractivity contribution in [3.05, 3.63) is 48.3 Å². The average Bonchev–Trinajstić information content (AvgIpc) is 2.40. The Morgan fingerprint density at radius 3 is 2.61 bits per heavy atom. The number of ether oxygens (including phenoxy) is 1. The first-order chi connectivity index (χ1) is 8.72. The molecule has 0 fully saturated rings. The summed E-state index contributed by atoms with van der Waals surface area (Å²) in [5.74, 6) is -0.317. The van der Waals surface area contributed by atoms with E-state index in [4.69, 9.17) is 9.84 Å². The Balaban J connectivity index is 2.39. The third-order valence-corrected chi connectivity index (χ3v) is 2.63. The van der Waals surface area contributed by atoms with Gasteiger partial charge in [-0.1, -0.05) is 18.2 Å². The normalized spacial score (nSPS) is 10.1. The Morgan fingerprint density at radius 1 is 1.28 bits per heavy atom. The lowest BCUT2D eigenvalue weighted by Crippen LogP contribution is -2.02. The molecule has 0 saturated carbocycles. The van der Waals surface area contributed by atoms with Crippen LogP contribution in [0, 0.1) is 0 Å². The monoisotopic (exact) mass is 307 g/mol. The molecule has 0 aliphatic heterocycles. The molecule has 0 atom stereocenters. The van der Waals surface area contributed by atoms with E-state index in [9.17, 15) is 4.79 Å². The maximum atomic E-state index is 11.1. The van der Waals surface area contributed by atoms with Gasteiger partial charge in [-0.3, -0.25) is 0 Å². The largest absolute Gasteiger partial charge is 0.482 e. The van der Waals surface area contributed by atoms with Gasteiger partial charge in [-0.15, -0.1) is 0 Å². The number of alkyl halides is 1. The standard InChI is InChI=1S/C13H10BrNO3/c14-8-18-10-5-3-9(4-6-10)11-2-1-7-15-12(11)13(16)17/h1-7H,8H2,(H,16,17). The minimum absolute atomic E-state index is 0.0478. The van der Waals surface area contributed by atoms with E-state index in [0.29, 0.717) is 11.1 Å². The molecule has 0 spiro atoms. The predicted octanol–water partition coefficient (Wildman–Crippen LogP) is 3.18. The molecule has 1 aromatic heterocycles. The average molecular weight is 308 g/mol. The van der Waals surface area contributed by atoms with E-state index in [1.807, 2.05) is 0 Å². The van der Waals surface area contributed by atoms with Crippen LogP contribution in [0.25, 0.3) is 11.1 Å². The summed E-state index contributed by atoms with van der Waals surface area (Å²) in [5, 5.41) is 9.07. The smallest absolute Gasteiger partial charge is 0.355 e. The van der Waals surface area contributed by atoms with Crippen LogP contribution in [0.1, 0.15) is 10.5 Å². The number of aromatic carboxylic acids is 1. The maximum absolute atomic E-state index is 11.1. The Morgan fingerprint density at radius 2 is 2.00 bits per heavy atom. The Bertz CT molecular complexity index is 554. The van der Waals surface area contributed by atoms with E-state index in [0.717, 1.165) is 11.3 Å². The number of carboxylic acids is 1. The van der Waals surface area contributed by atoms with Crippen LogP contribution < -0.4 is 4.74 Å². The van der Waals surface area contributed by atoms with Gasteiger partial charge in [-0.25, -0.2) is 9.78 Å². The number of benzene rings is 1. The van der Waals surface area contributed by atoms with Gasteiger partial charge in [0.1, 0.15) is 11.3 Å². The number of rotatable bonds is 4. The second-order valence-electron chi connectivity index (χ2n) is 3.48. The highest BCUT2D eigenvalue weighted by Gasteiger charge is 2.12. The van der Waals surface area contributed by atoms with Crippen molar-refractivity contribution in [1.29, 1.82) is 0 Å². The number of hydrogen-bond acceptors (Lipinski definition) is 3. The van der Waals surface area contributed by atoms with Gasteiger partial charge < -0.3 is 9.84 Å². The number of aromatic nitrogens is 1. The third kappa shape index (κ3) is 2.68. The van der Waals surface area contributed by atoms with Gasteiger partial charge in [0.15, 0.2) is 5.69 Å². The van der Waals surface area contributed by atoms with E-state index in [1.165, 1.54) is 6.20 Å². The van der Waals surface area contributed by atoms with E-state index < -0.39 is 5.97 Å². The minimum Gasteiger partial charge on any atom is -0.482 e. The molecule has 2 aromatic rings. The zero-order valence-corrected chi connectivity index (χ0v) is 10.9. The van der Waals surface area contributed by atoms with Crippen LogP contribution in [0.5, 0.6) is 5.75 Å². The highest BCUT2D eigenvalue weighted by atomic mass is 79.9. The van der Waals surface area contributed by atoms with Crippen LogP contribution in [-0.2, 0) is 0 Å². The molecule has 0 saturated heterocycles. The van der Waals surface area contributed by atoms with E-state index in [2.05, 4.69) is 20.9 Å². The lowest BCUT2D eigenvalue weighted by Gasteiger charge is -2.06. The van der Waals surface area contributed by atoms with Crippen LogP contribution in [0.4, 0.5) is 0 Å². The number of carboxylic acid groups (broad SMARTS) is 1. The lowest BCUT2D eigenvalue weighted by molar-refractivity contribution is 0.0691. The van der Waals surface area contributed by atoms with Crippen molar-refractivity contribution in [2.24, 2.45) is 0 Å². The molecule has 0 bridgehead atoms. The molecule has 1 N–H and O–H groups in total. The van der Waals surface area contributed by atoms with Crippen LogP contribution in [0.2, 0.25) is 0 Å². The summed E-state index contributed by atoms with van der Waals surface area (Å²) in [5.41, 5.74) is 1.85. The summed E-state index contributed by atoms with van der Waals surface area (Å²) >= 11 is 3.17. The van der Waals surface area contributed by atoms with Crippen molar-refractivity contribution in [2.75, 3.05) is 5.52 Å². The summed E-state index contributed by atoms with van der Waals surface area (Å²) in [7, 11) is 0. The van der Waals surface area contributed by atoms with Gasteiger partial charge in [-0.05, 0) is 39.7 Å². The summed E-state index contributed by atoms with van der Waals surface area (Å²) in [6, 6.07) is 10.6. The van der Waals surface area contributed by atoms with Crippen molar-refractivity contribution in [3.63, 3.8) is 0 Å². The molecule has 0 aliphatic carbocycles. The van der Waals surface area contributed by atoms with Crippen molar-refractivity contribution in [2.45, 2.75) is 0 Å². The number of pyridine rings is 1. The van der Waals surface area contributed by atoms with Gasteiger partial charge in [0.2, 0.25) is 0 Å².